The fraction of sp³-hybridized carbons (Fsp3) is 0.526. The summed E-state index contributed by atoms with van der Waals surface area (Å²) in [6, 6.07) is 9.62. The normalized spacial score (nSPS) is 19.1. The molecule has 0 unspecified atom stereocenters. The fourth-order valence-corrected chi connectivity index (χ4v) is 3.22. The van der Waals surface area contributed by atoms with Crippen LogP contribution in [0, 0.1) is 6.92 Å². The molecule has 0 aliphatic carbocycles. The van der Waals surface area contributed by atoms with Crippen molar-refractivity contribution in [1.29, 1.82) is 0 Å². The summed E-state index contributed by atoms with van der Waals surface area (Å²) < 4.78 is 16.5. The molecule has 0 amide bonds. The number of aliphatic hydroxyl groups excluding tert-OH is 1. The van der Waals surface area contributed by atoms with Crippen LogP contribution in [-0.2, 0) is 0 Å². The molecule has 6 nitrogen and oxygen atoms in total. The average Bonchev–Trinajstić information content (AvgIpc) is 3.23. The Balaban J connectivity index is 1.49. The maximum Gasteiger partial charge on any atom is 0.154 e. The number of nitrogens with zero attached hydrogens (tertiary/aromatic N) is 2. The number of aromatic nitrogens is 1. The van der Waals surface area contributed by atoms with Gasteiger partial charge in [0, 0.05) is 12.6 Å². The Bertz CT molecular complexity index is 656. The highest BCUT2D eigenvalue weighted by Crippen LogP contribution is 2.32. The number of ether oxygens (including phenoxy) is 2. The third-order valence-electron chi connectivity index (χ3n) is 4.36. The van der Waals surface area contributed by atoms with Gasteiger partial charge < -0.3 is 19.1 Å². The number of β-amino-alcohol motifs (C(OH)–C–C–N with tert-alkyl or cyclic N) is 1. The highest BCUT2D eigenvalue weighted by molar-refractivity contribution is 5.31. The molecule has 1 aromatic heterocycles. The molecule has 1 fully saturated rings. The number of rotatable bonds is 8. The van der Waals surface area contributed by atoms with Crippen molar-refractivity contribution >= 4 is 0 Å². The van der Waals surface area contributed by atoms with E-state index in [2.05, 4.69) is 10.1 Å². The van der Waals surface area contributed by atoms with E-state index in [4.69, 9.17) is 14.0 Å². The summed E-state index contributed by atoms with van der Waals surface area (Å²) in [7, 11) is 0. The fourth-order valence-electron chi connectivity index (χ4n) is 3.22. The first-order chi connectivity index (χ1) is 12.2. The number of aryl methyl sites for hydroxylation is 1. The van der Waals surface area contributed by atoms with Crippen LogP contribution in [0.2, 0.25) is 0 Å². The van der Waals surface area contributed by atoms with Crippen LogP contribution in [0.4, 0.5) is 0 Å². The Morgan fingerprint density at radius 1 is 1.28 bits per heavy atom. The second kappa shape index (κ2) is 8.36. The van der Waals surface area contributed by atoms with Crippen LogP contribution in [0.25, 0.3) is 0 Å². The SMILES string of the molecule is CCOc1ccc(OC[C@@H](O)CN2CCC[C@H]2c2cc(C)no2)cc1. The van der Waals surface area contributed by atoms with Crippen molar-refractivity contribution in [2.75, 3.05) is 26.3 Å². The van der Waals surface area contributed by atoms with E-state index in [0.29, 0.717) is 13.2 Å². The summed E-state index contributed by atoms with van der Waals surface area (Å²) in [5, 5.41) is 14.3. The average molecular weight is 346 g/mol. The van der Waals surface area contributed by atoms with E-state index in [9.17, 15) is 5.11 Å². The Morgan fingerprint density at radius 2 is 2.00 bits per heavy atom. The summed E-state index contributed by atoms with van der Waals surface area (Å²) in [6.07, 6.45) is 1.56. The van der Waals surface area contributed by atoms with Gasteiger partial charge in [-0.3, -0.25) is 4.90 Å². The van der Waals surface area contributed by atoms with Gasteiger partial charge in [0.15, 0.2) is 5.76 Å². The molecule has 2 heterocycles. The predicted molar refractivity (Wildman–Crippen MR) is 93.9 cm³/mol. The van der Waals surface area contributed by atoms with Crippen LogP contribution >= 0.6 is 0 Å². The zero-order valence-corrected chi connectivity index (χ0v) is 14.9. The second-order valence-electron chi connectivity index (χ2n) is 6.39. The predicted octanol–water partition coefficient (Wildman–Crippen LogP) is 2.96. The number of benzene rings is 1. The maximum absolute atomic E-state index is 10.3. The van der Waals surface area contributed by atoms with Crippen LogP contribution in [-0.4, -0.2) is 47.6 Å². The molecule has 25 heavy (non-hydrogen) atoms. The van der Waals surface area contributed by atoms with E-state index >= 15 is 0 Å². The van der Waals surface area contributed by atoms with Crippen LogP contribution in [0.15, 0.2) is 34.9 Å². The molecule has 3 rings (SSSR count). The molecular formula is C19H26N2O4. The van der Waals surface area contributed by atoms with Crippen molar-refractivity contribution in [3.05, 3.63) is 41.8 Å². The third kappa shape index (κ3) is 4.74. The van der Waals surface area contributed by atoms with Gasteiger partial charge in [0.05, 0.1) is 18.3 Å². The van der Waals surface area contributed by atoms with E-state index < -0.39 is 6.10 Å². The monoisotopic (exact) mass is 346 g/mol. The lowest BCUT2D eigenvalue weighted by molar-refractivity contribution is 0.0597. The molecule has 0 bridgehead atoms. The molecule has 2 atom stereocenters. The van der Waals surface area contributed by atoms with Crippen molar-refractivity contribution in [2.45, 2.75) is 38.8 Å². The second-order valence-corrected chi connectivity index (χ2v) is 6.39. The van der Waals surface area contributed by atoms with Gasteiger partial charge in [-0.2, -0.15) is 0 Å². The summed E-state index contributed by atoms with van der Waals surface area (Å²) in [4.78, 5) is 2.24. The van der Waals surface area contributed by atoms with E-state index in [0.717, 1.165) is 42.3 Å². The molecule has 1 aliphatic rings. The summed E-state index contributed by atoms with van der Waals surface area (Å²) in [5.74, 6) is 2.43. The number of hydrogen-bond donors (Lipinski definition) is 1. The minimum Gasteiger partial charge on any atom is -0.494 e. The van der Waals surface area contributed by atoms with Gasteiger partial charge in [-0.1, -0.05) is 5.16 Å². The molecule has 1 aromatic carbocycles. The van der Waals surface area contributed by atoms with Crippen molar-refractivity contribution < 1.29 is 19.1 Å². The molecule has 1 saturated heterocycles. The molecule has 0 saturated carbocycles. The molecule has 0 radical (unpaired) electrons. The Hall–Kier alpha value is -2.05. The molecule has 0 spiro atoms. The van der Waals surface area contributed by atoms with Crippen LogP contribution in [0.1, 0.15) is 37.3 Å². The van der Waals surface area contributed by atoms with E-state index in [-0.39, 0.29) is 12.6 Å². The zero-order chi connectivity index (χ0) is 17.6. The molecular weight excluding hydrogens is 320 g/mol. The summed E-state index contributed by atoms with van der Waals surface area (Å²) >= 11 is 0. The lowest BCUT2D eigenvalue weighted by Crippen LogP contribution is -2.35. The Labute approximate surface area is 148 Å². The van der Waals surface area contributed by atoms with Crippen molar-refractivity contribution in [3.8, 4) is 11.5 Å². The lowest BCUT2D eigenvalue weighted by Gasteiger charge is -2.25. The quantitative estimate of drug-likeness (QED) is 0.793. The van der Waals surface area contributed by atoms with Gasteiger partial charge in [-0.05, 0) is 57.5 Å². The van der Waals surface area contributed by atoms with Crippen molar-refractivity contribution in [1.82, 2.24) is 10.1 Å². The Kier molecular flexibility index (Phi) is 5.94. The highest BCUT2D eigenvalue weighted by Gasteiger charge is 2.30. The smallest absolute Gasteiger partial charge is 0.154 e. The van der Waals surface area contributed by atoms with Crippen LogP contribution < -0.4 is 9.47 Å². The topological polar surface area (TPSA) is 68.0 Å². The number of hydrogen-bond acceptors (Lipinski definition) is 6. The van der Waals surface area contributed by atoms with E-state index in [1.807, 2.05) is 44.2 Å². The van der Waals surface area contributed by atoms with Gasteiger partial charge in [-0.25, -0.2) is 0 Å². The van der Waals surface area contributed by atoms with Gasteiger partial charge in [0.25, 0.3) is 0 Å². The van der Waals surface area contributed by atoms with Gasteiger partial charge in [0.2, 0.25) is 0 Å². The minimum absolute atomic E-state index is 0.196. The van der Waals surface area contributed by atoms with Crippen molar-refractivity contribution in [3.63, 3.8) is 0 Å². The largest absolute Gasteiger partial charge is 0.494 e. The van der Waals surface area contributed by atoms with Crippen molar-refractivity contribution in [2.24, 2.45) is 0 Å². The van der Waals surface area contributed by atoms with E-state index in [1.165, 1.54) is 0 Å². The van der Waals surface area contributed by atoms with Gasteiger partial charge in [-0.15, -0.1) is 0 Å². The molecule has 1 N–H and O–H groups in total. The zero-order valence-electron chi connectivity index (χ0n) is 14.9. The van der Waals surface area contributed by atoms with Crippen LogP contribution in [0.3, 0.4) is 0 Å². The van der Waals surface area contributed by atoms with Gasteiger partial charge in [0.1, 0.15) is 24.2 Å². The first-order valence-corrected chi connectivity index (χ1v) is 8.86. The summed E-state index contributed by atoms with van der Waals surface area (Å²) in [5.41, 5.74) is 0.890. The minimum atomic E-state index is -0.559. The lowest BCUT2D eigenvalue weighted by atomic mass is 10.1. The molecule has 6 heteroatoms. The number of likely N-dealkylation sites (tertiary alicyclic amines) is 1. The van der Waals surface area contributed by atoms with Gasteiger partial charge >= 0.3 is 0 Å². The maximum atomic E-state index is 10.3. The first kappa shape index (κ1) is 17.8. The molecule has 2 aromatic rings. The third-order valence-corrected chi connectivity index (χ3v) is 4.36. The highest BCUT2D eigenvalue weighted by atomic mass is 16.5. The molecule has 136 valence electrons. The standard InChI is InChI=1S/C19H26N2O4/c1-3-23-16-6-8-17(9-7-16)24-13-15(22)12-21-10-4-5-18(21)19-11-14(2)20-25-19/h6-9,11,15,18,22H,3-5,10,12-13H2,1-2H3/t15-,18-/m0/s1. The molecule has 1 aliphatic heterocycles. The number of aliphatic hydroxyl groups is 1. The van der Waals surface area contributed by atoms with Crippen LogP contribution in [0.5, 0.6) is 11.5 Å². The Morgan fingerprint density at radius 3 is 2.64 bits per heavy atom. The summed E-state index contributed by atoms with van der Waals surface area (Å²) in [6.45, 7) is 6.28. The first-order valence-electron chi connectivity index (χ1n) is 8.86. The van der Waals surface area contributed by atoms with E-state index in [1.54, 1.807) is 0 Å².